The van der Waals surface area contributed by atoms with E-state index in [0.717, 1.165) is 18.8 Å². The molecule has 0 N–H and O–H groups in total. The van der Waals surface area contributed by atoms with Gasteiger partial charge in [-0.25, -0.2) is 0 Å². The second-order valence-corrected chi connectivity index (χ2v) is 3.76. The van der Waals surface area contributed by atoms with Gasteiger partial charge >= 0.3 is 0 Å². The van der Waals surface area contributed by atoms with Crippen LogP contribution in [0.3, 0.4) is 0 Å². The fraction of sp³-hybridized carbons (Fsp3) is 0.455. The summed E-state index contributed by atoms with van der Waals surface area (Å²) in [6.07, 6.45) is 0. The Morgan fingerprint density at radius 2 is 1.85 bits per heavy atom. The van der Waals surface area contributed by atoms with Crippen LogP contribution in [-0.2, 0) is 13.1 Å². The number of hydrogen-bond acceptors (Lipinski definition) is 2. The van der Waals surface area contributed by atoms with E-state index in [0.29, 0.717) is 0 Å². The average Bonchev–Trinajstić information content (AvgIpc) is 2.42. The van der Waals surface area contributed by atoms with Gasteiger partial charge in [0, 0.05) is 13.1 Å². The SMILES string of the molecule is COc1cc2c(cc1C)CN(C)C2. The molecule has 1 aliphatic heterocycles. The molecular formula is C11H15NO. The van der Waals surface area contributed by atoms with E-state index < -0.39 is 0 Å². The predicted molar refractivity (Wildman–Crippen MR) is 52.9 cm³/mol. The molecule has 2 heteroatoms. The van der Waals surface area contributed by atoms with Gasteiger partial charge in [0.15, 0.2) is 0 Å². The minimum absolute atomic E-state index is 1.01. The van der Waals surface area contributed by atoms with Gasteiger partial charge in [0.05, 0.1) is 7.11 Å². The minimum atomic E-state index is 1.01. The lowest BCUT2D eigenvalue weighted by molar-refractivity contribution is 0.353. The van der Waals surface area contributed by atoms with Gasteiger partial charge in [0.25, 0.3) is 0 Å². The summed E-state index contributed by atoms with van der Waals surface area (Å²) < 4.78 is 5.29. The molecule has 1 aromatic carbocycles. The minimum Gasteiger partial charge on any atom is -0.496 e. The number of aryl methyl sites for hydroxylation is 1. The number of methoxy groups -OCH3 is 1. The van der Waals surface area contributed by atoms with Crippen LogP contribution in [0.15, 0.2) is 12.1 Å². The Labute approximate surface area is 79.1 Å². The van der Waals surface area contributed by atoms with Crippen LogP contribution in [0.2, 0.25) is 0 Å². The van der Waals surface area contributed by atoms with Crippen molar-refractivity contribution in [3.63, 3.8) is 0 Å². The third-order valence-electron chi connectivity index (χ3n) is 2.60. The van der Waals surface area contributed by atoms with Crippen LogP contribution in [0.5, 0.6) is 5.75 Å². The Kier molecular flexibility index (Phi) is 2.00. The van der Waals surface area contributed by atoms with E-state index in [4.69, 9.17) is 4.74 Å². The van der Waals surface area contributed by atoms with E-state index in [9.17, 15) is 0 Å². The second kappa shape index (κ2) is 3.04. The lowest BCUT2D eigenvalue weighted by Crippen LogP contribution is -2.07. The zero-order chi connectivity index (χ0) is 9.42. The summed E-state index contributed by atoms with van der Waals surface area (Å²) in [6, 6.07) is 4.39. The molecule has 0 atom stereocenters. The molecule has 1 heterocycles. The molecule has 0 saturated carbocycles. The van der Waals surface area contributed by atoms with Gasteiger partial charge in [-0.1, -0.05) is 6.07 Å². The topological polar surface area (TPSA) is 12.5 Å². The number of ether oxygens (including phenoxy) is 1. The molecule has 0 amide bonds. The van der Waals surface area contributed by atoms with Gasteiger partial charge in [0.2, 0.25) is 0 Å². The highest BCUT2D eigenvalue weighted by Crippen LogP contribution is 2.28. The zero-order valence-electron chi connectivity index (χ0n) is 8.42. The lowest BCUT2D eigenvalue weighted by atomic mass is 10.1. The van der Waals surface area contributed by atoms with E-state index in [1.807, 2.05) is 0 Å². The van der Waals surface area contributed by atoms with Crippen LogP contribution < -0.4 is 4.74 Å². The van der Waals surface area contributed by atoms with E-state index >= 15 is 0 Å². The highest BCUT2D eigenvalue weighted by molar-refractivity contribution is 5.43. The molecule has 2 nitrogen and oxygen atoms in total. The highest BCUT2D eigenvalue weighted by Gasteiger charge is 2.16. The first-order chi connectivity index (χ1) is 6.20. The molecule has 13 heavy (non-hydrogen) atoms. The van der Waals surface area contributed by atoms with Gasteiger partial charge in [-0.3, -0.25) is 4.90 Å². The quantitative estimate of drug-likeness (QED) is 0.650. The maximum Gasteiger partial charge on any atom is 0.122 e. The van der Waals surface area contributed by atoms with Crippen molar-refractivity contribution in [2.24, 2.45) is 0 Å². The Morgan fingerprint density at radius 1 is 1.23 bits per heavy atom. The molecule has 0 spiro atoms. The molecule has 0 radical (unpaired) electrons. The molecule has 70 valence electrons. The first-order valence-corrected chi connectivity index (χ1v) is 4.55. The van der Waals surface area contributed by atoms with Crippen molar-refractivity contribution in [3.8, 4) is 5.75 Å². The number of hydrogen-bond donors (Lipinski definition) is 0. The number of fused-ring (bicyclic) bond motifs is 1. The van der Waals surface area contributed by atoms with E-state index in [1.54, 1.807) is 7.11 Å². The smallest absolute Gasteiger partial charge is 0.122 e. The Hall–Kier alpha value is -1.02. The summed E-state index contributed by atoms with van der Waals surface area (Å²) in [5.41, 5.74) is 4.09. The Morgan fingerprint density at radius 3 is 2.46 bits per heavy atom. The maximum absolute atomic E-state index is 5.29. The van der Waals surface area contributed by atoms with Crippen molar-refractivity contribution >= 4 is 0 Å². The average molecular weight is 177 g/mol. The third kappa shape index (κ3) is 1.42. The van der Waals surface area contributed by atoms with Crippen molar-refractivity contribution in [1.29, 1.82) is 0 Å². The molecule has 0 unspecified atom stereocenters. The van der Waals surface area contributed by atoms with Gasteiger partial charge in [-0.15, -0.1) is 0 Å². The van der Waals surface area contributed by atoms with Crippen LogP contribution in [-0.4, -0.2) is 19.1 Å². The Bertz CT molecular complexity index is 333. The van der Waals surface area contributed by atoms with Gasteiger partial charge in [-0.2, -0.15) is 0 Å². The summed E-state index contributed by atoms with van der Waals surface area (Å²) >= 11 is 0. The van der Waals surface area contributed by atoms with Crippen molar-refractivity contribution in [3.05, 3.63) is 28.8 Å². The monoisotopic (exact) mass is 177 g/mol. The summed E-state index contributed by atoms with van der Waals surface area (Å²) in [5, 5.41) is 0. The first-order valence-electron chi connectivity index (χ1n) is 4.55. The highest BCUT2D eigenvalue weighted by atomic mass is 16.5. The molecule has 1 aromatic rings. The number of rotatable bonds is 1. The van der Waals surface area contributed by atoms with Crippen LogP contribution in [0.1, 0.15) is 16.7 Å². The summed E-state index contributed by atoms with van der Waals surface area (Å²) in [7, 11) is 3.87. The predicted octanol–water partition coefficient (Wildman–Crippen LogP) is 1.95. The fourth-order valence-electron chi connectivity index (χ4n) is 1.94. The molecule has 0 aromatic heterocycles. The van der Waals surface area contributed by atoms with Crippen LogP contribution in [0.25, 0.3) is 0 Å². The zero-order valence-corrected chi connectivity index (χ0v) is 8.42. The molecule has 0 fully saturated rings. The summed E-state index contributed by atoms with van der Waals surface area (Å²) in [6.45, 7) is 4.21. The van der Waals surface area contributed by atoms with Crippen LogP contribution >= 0.6 is 0 Å². The fourth-order valence-corrected chi connectivity index (χ4v) is 1.94. The molecular weight excluding hydrogens is 162 g/mol. The third-order valence-corrected chi connectivity index (χ3v) is 2.60. The van der Waals surface area contributed by atoms with E-state index in [-0.39, 0.29) is 0 Å². The summed E-state index contributed by atoms with van der Waals surface area (Å²) in [4.78, 5) is 2.31. The standard InChI is InChI=1S/C11H15NO/c1-8-4-9-6-12(2)7-10(9)5-11(8)13-3/h4-5H,6-7H2,1-3H3. The van der Waals surface area contributed by atoms with Crippen molar-refractivity contribution in [2.75, 3.05) is 14.2 Å². The van der Waals surface area contributed by atoms with Crippen molar-refractivity contribution in [2.45, 2.75) is 20.0 Å². The van der Waals surface area contributed by atoms with Crippen molar-refractivity contribution < 1.29 is 4.74 Å². The maximum atomic E-state index is 5.29. The van der Waals surface area contributed by atoms with Crippen LogP contribution in [0.4, 0.5) is 0 Å². The van der Waals surface area contributed by atoms with Gasteiger partial charge in [-0.05, 0) is 36.7 Å². The number of benzene rings is 1. The summed E-state index contributed by atoms with van der Waals surface area (Å²) in [5.74, 6) is 1.01. The normalized spacial score (nSPS) is 15.9. The van der Waals surface area contributed by atoms with Gasteiger partial charge in [0.1, 0.15) is 5.75 Å². The molecule has 0 aliphatic carbocycles. The largest absolute Gasteiger partial charge is 0.496 e. The van der Waals surface area contributed by atoms with Gasteiger partial charge < -0.3 is 4.74 Å². The molecule has 2 rings (SSSR count). The lowest BCUT2D eigenvalue weighted by Gasteiger charge is -2.06. The second-order valence-electron chi connectivity index (χ2n) is 3.76. The molecule has 0 saturated heterocycles. The van der Waals surface area contributed by atoms with E-state index in [1.165, 1.54) is 16.7 Å². The molecule has 1 aliphatic rings. The van der Waals surface area contributed by atoms with Crippen LogP contribution in [0, 0.1) is 6.92 Å². The van der Waals surface area contributed by atoms with Crippen molar-refractivity contribution in [1.82, 2.24) is 4.90 Å². The number of nitrogens with zero attached hydrogens (tertiary/aromatic N) is 1. The first kappa shape index (κ1) is 8.57. The molecule has 0 bridgehead atoms. The Balaban J connectivity index is 2.44. The van der Waals surface area contributed by atoms with E-state index in [2.05, 4.69) is 31.0 Å².